The maximum Gasteiger partial charge on any atom is 0.315 e. The summed E-state index contributed by atoms with van der Waals surface area (Å²) in [5, 5.41) is 8.75. The molecule has 0 unspecified atom stereocenters. The molecule has 0 bridgehead atoms. The van der Waals surface area contributed by atoms with Gasteiger partial charge in [-0.1, -0.05) is 25.7 Å². The highest BCUT2D eigenvalue weighted by Gasteiger charge is 2.15. The van der Waals surface area contributed by atoms with Gasteiger partial charge < -0.3 is 26.4 Å². The van der Waals surface area contributed by atoms with E-state index in [4.69, 9.17) is 10.5 Å². The molecule has 0 heterocycles. The Labute approximate surface area is 161 Å². The average Bonchev–Trinajstić information content (AvgIpc) is 2.67. The molecular formula is C20H32N4O3. The van der Waals surface area contributed by atoms with Gasteiger partial charge in [0.05, 0.1) is 18.5 Å². The molecule has 1 aliphatic carbocycles. The molecule has 0 atom stereocenters. The molecule has 1 aliphatic rings. The van der Waals surface area contributed by atoms with Crippen molar-refractivity contribution >= 4 is 23.3 Å². The second kappa shape index (κ2) is 11.3. The number of amides is 3. The number of nitrogen functional groups attached to an aromatic ring is 1. The first-order valence-corrected chi connectivity index (χ1v) is 9.86. The number of carbonyl (C=O) groups is 2. The third kappa shape index (κ3) is 7.76. The van der Waals surface area contributed by atoms with E-state index in [0.717, 1.165) is 32.1 Å². The summed E-state index contributed by atoms with van der Waals surface area (Å²) in [5.74, 6) is 0.579. The van der Waals surface area contributed by atoms with Crippen molar-refractivity contribution < 1.29 is 14.3 Å². The molecule has 0 spiro atoms. The molecule has 7 nitrogen and oxygen atoms in total. The number of methoxy groups -OCH3 is 1. The van der Waals surface area contributed by atoms with E-state index in [1.54, 1.807) is 25.3 Å². The highest BCUT2D eigenvalue weighted by atomic mass is 16.5. The normalized spacial score (nSPS) is 14.4. The first-order chi connectivity index (χ1) is 13.1. The number of unbranched alkanes of at least 4 members (excludes halogenated alkanes) is 2. The molecule has 0 saturated heterocycles. The highest BCUT2D eigenvalue weighted by Crippen LogP contribution is 2.24. The number of rotatable bonds is 9. The van der Waals surface area contributed by atoms with Crippen LogP contribution in [-0.4, -0.2) is 31.6 Å². The molecule has 1 fully saturated rings. The third-order valence-corrected chi connectivity index (χ3v) is 4.84. The number of hydrogen-bond acceptors (Lipinski definition) is 4. The van der Waals surface area contributed by atoms with Crippen LogP contribution < -0.4 is 26.4 Å². The molecule has 27 heavy (non-hydrogen) atoms. The van der Waals surface area contributed by atoms with Gasteiger partial charge in [-0.2, -0.15) is 0 Å². The predicted molar refractivity (Wildman–Crippen MR) is 108 cm³/mol. The largest absolute Gasteiger partial charge is 0.497 e. The Morgan fingerprint density at radius 3 is 2.67 bits per heavy atom. The van der Waals surface area contributed by atoms with Crippen LogP contribution in [0.2, 0.25) is 0 Å². The number of nitrogens with two attached hydrogens (primary N) is 1. The fourth-order valence-electron chi connectivity index (χ4n) is 3.26. The van der Waals surface area contributed by atoms with Crippen LogP contribution in [0, 0.1) is 0 Å². The van der Waals surface area contributed by atoms with Gasteiger partial charge in [-0.05, 0) is 37.8 Å². The summed E-state index contributed by atoms with van der Waals surface area (Å²) >= 11 is 0. The zero-order chi connectivity index (χ0) is 19.5. The molecule has 7 heteroatoms. The van der Waals surface area contributed by atoms with Crippen LogP contribution >= 0.6 is 0 Å². The van der Waals surface area contributed by atoms with Crippen LogP contribution in [0.1, 0.15) is 57.8 Å². The smallest absolute Gasteiger partial charge is 0.315 e. The van der Waals surface area contributed by atoms with E-state index in [1.165, 1.54) is 19.3 Å². The lowest BCUT2D eigenvalue weighted by atomic mass is 9.96. The zero-order valence-electron chi connectivity index (χ0n) is 16.2. The van der Waals surface area contributed by atoms with Gasteiger partial charge in [0.25, 0.3) is 0 Å². The van der Waals surface area contributed by atoms with Gasteiger partial charge in [0.15, 0.2) is 0 Å². The lowest BCUT2D eigenvalue weighted by Gasteiger charge is -2.22. The molecule has 5 N–H and O–H groups in total. The minimum absolute atomic E-state index is 0.0713. The number of carbonyl (C=O) groups excluding carboxylic acids is 2. The van der Waals surface area contributed by atoms with Crippen molar-refractivity contribution in [2.24, 2.45) is 0 Å². The van der Waals surface area contributed by atoms with Crippen LogP contribution in [0.25, 0.3) is 0 Å². The van der Waals surface area contributed by atoms with E-state index in [9.17, 15) is 9.59 Å². The Morgan fingerprint density at radius 1 is 1.15 bits per heavy atom. The maximum absolute atomic E-state index is 12.0. The van der Waals surface area contributed by atoms with E-state index < -0.39 is 0 Å². The number of urea groups is 1. The number of hydrogen-bond donors (Lipinski definition) is 4. The van der Waals surface area contributed by atoms with Crippen molar-refractivity contribution in [2.45, 2.75) is 63.8 Å². The quantitative estimate of drug-likeness (QED) is 0.391. The van der Waals surface area contributed by atoms with Crippen molar-refractivity contribution in [3.8, 4) is 5.75 Å². The van der Waals surface area contributed by atoms with Gasteiger partial charge in [-0.25, -0.2) is 4.79 Å². The van der Waals surface area contributed by atoms with E-state index >= 15 is 0 Å². The Bertz CT molecular complexity index is 615. The summed E-state index contributed by atoms with van der Waals surface area (Å²) in [6.07, 6.45) is 8.77. The molecule has 3 amide bonds. The van der Waals surface area contributed by atoms with Gasteiger partial charge in [0.2, 0.25) is 5.91 Å². The number of benzene rings is 1. The van der Waals surface area contributed by atoms with Crippen molar-refractivity contribution in [3.05, 3.63) is 18.2 Å². The van der Waals surface area contributed by atoms with Gasteiger partial charge in [0, 0.05) is 25.1 Å². The molecule has 2 rings (SSSR count). The van der Waals surface area contributed by atoms with E-state index in [-0.39, 0.29) is 11.9 Å². The molecule has 1 saturated carbocycles. The summed E-state index contributed by atoms with van der Waals surface area (Å²) in [7, 11) is 1.57. The highest BCUT2D eigenvalue weighted by molar-refractivity contribution is 5.94. The molecule has 150 valence electrons. The summed E-state index contributed by atoms with van der Waals surface area (Å²) in [6, 6.07) is 5.42. The van der Waals surface area contributed by atoms with Crippen LogP contribution in [-0.2, 0) is 4.79 Å². The predicted octanol–water partition coefficient (Wildman–Crippen LogP) is 3.41. The SMILES string of the molecule is COc1ccc(N)c(NC(=O)CCCCCNC(=O)NC2CCCCC2)c1. The first kappa shape index (κ1) is 20.9. The summed E-state index contributed by atoms with van der Waals surface area (Å²) in [5.41, 5.74) is 6.95. The van der Waals surface area contributed by atoms with Crippen molar-refractivity contribution in [3.63, 3.8) is 0 Å². The second-order valence-corrected chi connectivity index (χ2v) is 7.05. The zero-order valence-corrected chi connectivity index (χ0v) is 16.2. The molecule has 1 aromatic rings. The lowest BCUT2D eigenvalue weighted by Crippen LogP contribution is -2.43. The second-order valence-electron chi connectivity index (χ2n) is 7.05. The number of ether oxygens (including phenoxy) is 1. The van der Waals surface area contributed by atoms with E-state index in [0.29, 0.717) is 36.1 Å². The number of nitrogens with one attached hydrogen (secondary N) is 3. The Morgan fingerprint density at radius 2 is 1.93 bits per heavy atom. The first-order valence-electron chi connectivity index (χ1n) is 9.86. The third-order valence-electron chi connectivity index (χ3n) is 4.84. The monoisotopic (exact) mass is 376 g/mol. The van der Waals surface area contributed by atoms with Gasteiger partial charge in [-0.3, -0.25) is 4.79 Å². The minimum Gasteiger partial charge on any atom is -0.497 e. The Kier molecular flexibility index (Phi) is 8.74. The lowest BCUT2D eigenvalue weighted by molar-refractivity contribution is -0.116. The molecular weight excluding hydrogens is 344 g/mol. The van der Waals surface area contributed by atoms with Crippen molar-refractivity contribution in [1.29, 1.82) is 0 Å². The van der Waals surface area contributed by atoms with Crippen LogP contribution in [0.15, 0.2) is 18.2 Å². The summed E-state index contributed by atoms with van der Waals surface area (Å²) < 4.78 is 5.14. The van der Waals surface area contributed by atoms with Crippen LogP contribution in [0.5, 0.6) is 5.75 Å². The maximum atomic E-state index is 12.0. The topological polar surface area (TPSA) is 105 Å². The number of anilines is 2. The van der Waals surface area contributed by atoms with Crippen LogP contribution in [0.4, 0.5) is 16.2 Å². The molecule has 1 aromatic carbocycles. The Balaban J connectivity index is 1.54. The van der Waals surface area contributed by atoms with Gasteiger partial charge in [-0.15, -0.1) is 0 Å². The minimum atomic E-state index is -0.0758. The van der Waals surface area contributed by atoms with Gasteiger partial charge in [0.1, 0.15) is 5.75 Å². The molecule has 0 aliphatic heterocycles. The van der Waals surface area contributed by atoms with E-state index in [1.807, 2.05) is 0 Å². The van der Waals surface area contributed by atoms with Gasteiger partial charge >= 0.3 is 6.03 Å². The fraction of sp³-hybridized carbons (Fsp3) is 0.600. The summed E-state index contributed by atoms with van der Waals surface area (Å²) in [6.45, 7) is 0.628. The average molecular weight is 377 g/mol. The molecule has 0 aromatic heterocycles. The fourth-order valence-corrected chi connectivity index (χ4v) is 3.26. The van der Waals surface area contributed by atoms with E-state index in [2.05, 4.69) is 16.0 Å². The molecule has 0 radical (unpaired) electrons. The van der Waals surface area contributed by atoms with Crippen LogP contribution in [0.3, 0.4) is 0 Å². The Hall–Kier alpha value is -2.44. The standard InChI is InChI=1S/C20H32N4O3/c1-27-16-11-12-17(21)18(14-16)24-19(25)10-6-3-7-13-22-20(26)23-15-8-4-2-5-9-15/h11-12,14-15H,2-10,13,21H2,1H3,(H,24,25)(H2,22,23,26). The summed E-state index contributed by atoms with van der Waals surface area (Å²) in [4.78, 5) is 23.9. The van der Waals surface area contributed by atoms with Crippen molar-refractivity contribution in [1.82, 2.24) is 10.6 Å². The van der Waals surface area contributed by atoms with Crippen molar-refractivity contribution in [2.75, 3.05) is 24.7 Å².